The van der Waals surface area contributed by atoms with Gasteiger partial charge in [0.2, 0.25) is 0 Å². The van der Waals surface area contributed by atoms with Gasteiger partial charge in [0.1, 0.15) is 5.82 Å². The molecule has 0 amide bonds. The molecule has 1 aromatic heterocycles. The molecule has 19 heavy (non-hydrogen) atoms. The molecule has 1 saturated carbocycles. The van der Waals surface area contributed by atoms with Crippen LogP contribution in [0.4, 0.5) is 0 Å². The fourth-order valence-electron chi connectivity index (χ4n) is 3.23. The normalized spacial score (nSPS) is 23.6. The average molecular weight is 258 g/mol. The molecule has 0 saturated heterocycles. The second kappa shape index (κ2) is 4.68. The molecule has 4 heteroatoms. The highest BCUT2D eigenvalue weighted by Crippen LogP contribution is 2.38. The van der Waals surface area contributed by atoms with E-state index in [1.54, 1.807) is 0 Å². The Hall–Kier alpha value is -1.84. The van der Waals surface area contributed by atoms with Crippen LogP contribution in [0.2, 0.25) is 0 Å². The fraction of sp³-hybridized carbons (Fsp3) is 0.467. The largest absolute Gasteiger partial charge is 0.481 e. The topological polar surface area (TPSA) is 55.1 Å². The zero-order valence-corrected chi connectivity index (χ0v) is 11.0. The van der Waals surface area contributed by atoms with Gasteiger partial charge in [0.15, 0.2) is 0 Å². The average Bonchev–Trinajstić information content (AvgIpc) is 2.76. The number of nitrogens with zero attached hydrogens (tertiary/aromatic N) is 2. The molecule has 1 fully saturated rings. The summed E-state index contributed by atoms with van der Waals surface area (Å²) in [6, 6.07) is 7.97. The number of imidazole rings is 1. The van der Waals surface area contributed by atoms with Crippen molar-refractivity contribution in [1.82, 2.24) is 9.55 Å². The number of carbonyl (C=O) groups is 1. The lowest BCUT2D eigenvalue weighted by molar-refractivity contribution is -0.143. The first-order valence-corrected chi connectivity index (χ1v) is 6.82. The number of rotatable bonds is 2. The van der Waals surface area contributed by atoms with Crippen molar-refractivity contribution in [1.29, 1.82) is 0 Å². The van der Waals surface area contributed by atoms with Crippen molar-refractivity contribution in [2.45, 2.75) is 31.6 Å². The van der Waals surface area contributed by atoms with Gasteiger partial charge in [-0.15, -0.1) is 0 Å². The molecular formula is C15H18N2O2. The minimum atomic E-state index is -0.684. The van der Waals surface area contributed by atoms with Crippen LogP contribution in [0, 0.1) is 5.92 Å². The summed E-state index contributed by atoms with van der Waals surface area (Å²) in [6.07, 6.45) is 3.80. The van der Waals surface area contributed by atoms with Gasteiger partial charge in [-0.05, 0) is 25.0 Å². The maximum absolute atomic E-state index is 11.4. The van der Waals surface area contributed by atoms with Crippen molar-refractivity contribution in [2.75, 3.05) is 0 Å². The van der Waals surface area contributed by atoms with Crippen molar-refractivity contribution in [3.8, 4) is 0 Å². The zero-order valence-electron chi connectivity index (χ0n) is 11.0. The molecule has 2 atom stereocenters. The van der Waals surface area contributed by atoms with Crippen LogP contribution in [0.5, 0.6) is 0 Å². The molecule has 1 N–H and O–H groups in total. The van der Waals surface area contributed by atoms with Gasteiger partial charge >= 0.3 is 5.97 Å². The predicted molar refractivity (Wildman–Crippen MR) is 73.0 cm³/mol. The highest BCUT2D eigenvalue weighted by molar-refractivity contribution is 5.76. The lowest BCUT2D eigenvalue weighted by Crippen LogP contribution is -2.27. The van der Waals surface area contributed by atoms with Gasteiger partial charge in [-0.1, -0.05) is 25.0 Å². The lowest BCUT2D eigenvalue weighted by Gasteiger charge is -2.27. The molecule has 100 valence electrons. The first kappa shape index (κ1) is 12.2. The number of aliphatic carboxylic acids is 1. The first-order valence-electron chi connectivity index (χ1n) is 6.82. The Kier molecular flexibility index (Phi) is 3.01. The number of carboxylic acids is 1. The molecule has 0 bridgehead atoms. The summed E-state index contributed by atoms with van der Waals surface area (Å²) < 4.78 is 2.06. The quantitative estimate of drug-likeness (QED) is 0.901. The molecule has 3 rings (SSSR count). The van der Waals surface area contributed by atoms with Crippen molar-refractivity contribution >= 4 is 17.0 Å². The Morgan fingerprint density at radius 2 is 2.05 bits per heavy atom. The highest BCUT2D eigenvalue weighted by atomic mass is 16.4. The van der Waals surface area contributed by atoms with Gasteiger partial charge in [-0.3, -0.25) is 4.79 Å². The van der Waals surface area contributed by atoms with Gasteiger partial charge in [0.25, 0.3) is 0 Å². The maximum Gasteiger partial charge on any atom is 0.307 e. The third-order valence-corrected chi connectivity index (χ3v) is 4.24. The van der Waals surface area contributed by atoms with Crippen LogP contribution in [0.1, 0.15) is 37.4 Å². The number of benzene rings is 1. The Labute approximate surface area is 112 Å². The second-order valence-corrected chi connectivity index (χ2v) is 5.35. The summed E-state index contributed by atoms with van der Waals surface area (Å²) in [6.45, 7) is 0. The van der Waals surface area contributed by atoms with Crippen LogP contribution in [0.3, 0.4) is 0 Å². The van der Waals surface area contributed by atoms with Crippen LogP contribution in [0.25, 0.3) is 11.0 Å². The Morgan fingerprint density at radius 3 is 2.79 bits per heavy atom. The third kappa shape index (κ3) is 2.01. The van der Waals surface area contributed by atoms with Gasteiger partial charge in [-0.25, -0.2) is 4.98 Å². The SMILES string of the molecule is Cn1c(C2CCCCC2C(=O)O)nc2ccccc21. The summed E-state index contributed by atoms with van der Waals surface area (Å²) >= 11 is 0. The van der Waals surface area contributed by atoms with Crippen molar-refractivity contribution in [2.24, 2.45) is 13.0 Å². The van der Waals surface area contributed by atoms with Crippen molar-refractivity contribution in [3.05, 3.63) is 30.1 Å². The number of hydrogen-bond donors (Lipinski definition) is 1. The standard InChI is InChI=1S/C15H18N2O2/c1-17-13-9-5-4-8-12(13)16-14(17)10-6-2-3-7-11(10)15(18)19/h4-5,8-11H,2-3,6-7H2,1H3,(H,18,19). The summed E-state index contributed by atoms with van der Waals surface area (Å²) in [5.74, 6) is -0.00188. The smallest absolute Gasteiger partial charge is 0.307 e. The molecule has 1 aromatic carbocycles. The van der Waals surface area contributed by atoms with Crippen molar-refractivity contribution < 1.29 is 9.90 Å². The van der Waals surface area contributed by atoms with E-state index in [1.807, 2.05) is 31.3 Å². The number of aryl methyl sites for hydroxylation is 1. The van der Waals surface area contributed by atoms with Crippen molar-refractivity contribution in [3.63, 3.8) is 0 Å². The molecule has 0 radical (unpaired) electrons. The van der Waals surface area contributed by atoms with Gasteiger partial charge in [0.05, 0.1) is 17.0 Å². The van der Waals surface area contributed by atoms with E-state index in [9.17, 15) is 9.90 Å². The molecular weight excluding hydrogens is 240 g/mol. The number of carboxylic acid groups (broad SMARTS) is 1. The Bertz CT molecular complexity index is 618. The Balaban J connectivity index is 2.07. The first-order chi connectivity index (χ1) is 9.18. The molecule has 4 nitrogen and oxygen atoms in total. The highest BCUT2D eigenvalue weighted by Gasteiger charge is 2.34. The Morgan fingerprint density at radius 1 is 1.32 bits per heavy atom. The number of para-hydroxylation sites is 2. The van der Waals surface area contributed by atoms with E-state index >= 15 is 0 Å². The predicted octanol–water partition coefficient (Wildman–Crippen LogP) is 2.93. The third-order valence-electron chi connectivity index (χ3n) is 4.24. The number of fused-ring (bicyclic) bond motifs is 1. The van der Waals surface area contributed by atoms with E-state index < -0.39 is 5.97 Å². The van der Waals surface area contributed by atoms with Crippen LogP contribution < -0.4 is 0 Å². The monoisotopic (exact) mass is 258 g/mol. The van der Waals surface area contributed by atoms with Gasteiger partial charge in [-0.2, -0.15) is 0 Å². The second-order valence-electron chi connectivity index (χ2n) is 5.35. The summed E-state index contributed by atoms with van der Waals surface area (Å²) in [4.78, 5) is 16.1. The number of aromatic nitrogens is 2. The van der Waals surface area contributed by atoms with E-state index in [1.165, 1.54) is 0 Å². The van der Waals surface area contributed by atoms with E-state index in [0.717, 1.165) is 42.5 Å². The minimum Gasteiger partial charge on any atom is -0.481 e. The zero-order chi connectivity index (χ0) is 13.4. The fourth-order valence-corrected chi connectivity index (χ4v) is 3.23. The summed E-state index contributed by atoms with van der Waals surface area (Å²) in [5.41, 5.74) is 2.03. The van der Waals surface area contributed by atoms with E-state index in [4.69, 9.17) is 0 Å². The van der Waals surface area contributed by atoms with E-state index in [0.29, 0.717) is 0 Å². The lowest BCUT2D eigenvalue weighted by atomic mass is 9.79. The minimum absolute atomic E-state index is 0.0450. The molecule has 1 aliphatic carbocycles. The van der Waals surface area contributed by atoms with E-state index in [2.05, 4.69) is 9.55 Å². The van der Waals surface area contributed by atoms with Crippen LogP contribution in [0.15, 0.2) is 24.3 Å². The van der Waals surface area contributed by atoms with E-state index in [-0.39, 0.29) is 11.8 Å². The molecule has 2 unspecified atom stereocenters. The van der Waals surface area contributed by atoms with Gasteiger partial charge < -0.3 is 9.67 Å². The maximum atomic E-state index is 11.4. The molecule has 0 aliphatic heterocycles. The van der Waals surface area contributed by atoms with Crippen LogP contribution in [-0.4, -0.2) is 20.6 Å². The number of hydrogen-bond acceptors (Lipinski definition) is 2. The molecule has 1 heterocycles. The molecule has 0 spiro atoms. The van der Waals surface area contributed by atoms with Crippen LogP contribution >= 0.6 is 0 Å². The van der Waals surface area contributed by atoms with Crippen LogP contribution in [-0.2, 0) is 11.8 Å². The molecule has 2 aromatic rings. The molecule has 1 aliphatic rings. The summed E-state index contributed by atoms with van der Waals surface area (Å²) in [7, 11) is 1.98. The summed E-state index contributed by atoms with van der Waals surface area (Å²) in [5, 5.41) is 9.40. The van der Waals surface area contributed by atoms with Gasteiger partial charge in [0, 0.05) is 13.0 Å².